The third-order valence-corrected chi connectivity index (χ3v) is 5.11. The molecular formula is C20H14Cl2O2P-. The molecule has 0 atom stereocenters. The van der Waals surface area contributed by atoms with Crippen molar-refractivity contribution in [3.63, 3.8) is 0 Å². The summed E-state index contributed by atoms with van der Waals surface area (Å²) in [6, 6.07) is 22.4. The van der Waals surface area contributed by atoms with Gasteiger partial charge in [-0.3, -0.25) is 0 Å². The summed E-state index contributed by atoms with van der Waals surface area (Å²) in [5, 5.41) is 14.0. The molecule has 0 amide bonds. The van der Waals surface area contributed by atoms with E-state index < -0.39 is 0 Å². The van der Waals surface area contributed by atoms with Gasteiger partial charge in [-0.15, -0.1) is 5.48 Å². The third kappa shape index (κ3) is 4.84. The van der Waals surface area contributed by atoms with Gasteiger partial charge in [-0.2, -0.15) is 0 Å². The van der Waals surface area contributed by atoms with Crippen molar-refractivity contribution in [3.8, 4) is 5.75 Å². The summed E-state index contributed by atoms with van der Waals surface area (Å²) in [7, 11) is 0.521. The van der Waals surface area contributed by atoms with Crippen LogP contribution in [0.5, 0.6) is 5.75 Å². The standard InChI is InChI=1S/C20H15Cl2O2P/c21-17-7-4-8-18(22)19(17)20(23)25-16-11-9-15(10-12-16)24-13-14-5-2-1-3-6-14/h1-12,23H,13H2/p-1. The Bertz CT molecular complexity index is 858. The number of ether oxygens (including phenoxy) is 1. The van der Waals surface area contributed by atoms with Crippen molar-refractivity contribution in [3.05, 3.63) is 94.0 Å². The Morgan fingerprint density at radius 1 is 0.840 bits per heavy atom. The Morgan fingerprint density at radius 3 is 2.12 bits per heavy atom. The predicted octanol–water partition coefficient (Wildman–Crippen LogP) is 4.68. The molecule has 0 radical (unpaired) electrons. The third-order valence-electron chi connectivity index (χ3n) is 3.49. The summed E-state index contributed by atoms with van der Waals surface area (Å²) in [6.07, 6.45) is 0. The fourth-order valence-corrected chi connectivity index (χ4v) is 3.82. The van der Waals surface area contributed by atoms with E-state index in [2.05, 4.69) is 0 Å². The second-order valence-corrected chi connectivity index (χ2v) is 7.24. The first-order valence-corrected chi connectivity index (χ1v) is 9.25. The molecule has 0 fully saturated rings. The van der Waals surface area contributed by atoms with E-state index >= 15 is 0 Å². The van der Waals surface area contributed by atoms with Crippen molar-refractivity contribution in [1.29, 1.82) is 0 Å². The van der Waals surface area contributed by atoms with Crippen LogP contribution in [0.1, 0.15) is 11.1 Å². The smallest absolute Gasteiger partial charge is 0.119 e. The lowest BCUT2D eigenvalue weighted by Crippen LogP contribution is -2.18. The predicted molar refractivity (Wildman–Crippen MR) is 104 cm³/mol. The first-order chi connectivity index (χ1) is 12.1. The molecule has 0 aliphatic heterocycles. The van der Waals surface area contributed by atoms with E-state index in [4.69, 9.17) is 27.9 Å². The zero-order valence-electron chi connectivity index (χ0n) is 13.2. The number of rotatable bonds is 5. The van der Waals surface area contributed by atoms with Crippen LogP contribution >= 0.6 is 31.4 Å². The van der Waals surface area contributed by atoms with Crippen LogP contribution in [0.15, 0.2) is 72.8 Å². The van der Waals surface area contributed by atoms with Crippen molar-refractivity contribution in [1.82, 2.24) is 0 Å². The van der Waals surface area contributed by atoms with E-state index in [9.17, 15) is 5.11 Å². The lowest BCUT2D eigenvalue weighted by atomic mass is 10.2. The van der Waals surface area contributed by atoms with E-state index in [0.717, 1.165) is 16.6 Å². The van der Waals surface area contributed by atoms with Gasteiger partial charge in [-0.1, -0.05) is 67.8 Å². The molecule has 3 rings (SSSR count). The minimum absolute atomic E-state index is 0.131. The van der Waals surface area contributed by atoms with Crippen LogP contribution in [0.3, 0.4) is 0 Å². The average Bonchev–Trinajstić information content (AvgIpc) is 2.62. The molecule has 0 aliphatic carbocycles. The first-order valence-electron chi connectivity index (χ1n) is 7.60. The SMILES string of the molecule is [O-]C(=Pc1ccc(OCc2ccccc2)cc1)c1c(Cl)cccc1Cl. The largest absolute Gasteiger partial charge is 0.823 e. The fraction of sp³-hybridized carbons (Fsp3) is 0.0500. The van der Waals surface area contributed by atoms with Crippen LogP contribution in [0.25, 0.3) is 0 Å². The summed E-state index contributed by atoms with van der Waals surface area (Å²) in [5.41, 5.74) is 1.33. The summed E-state index contributed by atoms with van der Waals surface area (Å²) < 4.78 is 5.74. The molecule has 0 spiro atoms. The maximum absolute atomic E-state index is 12.4. The van der Waals surface area contributed by atoms with Gasteiger partial charge >= 0.3 is 0 Å². The highest BCUT2D eigenvalue weighted by molar-refractivity contribution is 7.49. The van der Waals surface area contributed by atoms with Crippen molar-refractivity contribution >= 4 is 42.2 Å². The summed E-state index contributed by atoms with van der Waals surface area (Å²) in [4.78, 5) is 0. The van der Waals surface area contributed by atoms with Gasteiger partial charge in [-0.05, 0) is 42.0 Å². The van der Waals surface area contributed by atoms with Crippen molar-refractivity contribution < 1.29 is 9.84 Å². The second kappa shape index (κ2) is 8.51. The topological polar surface area (TPSA) is 32.3 Å². The van der Waals surface area contributed by atoms with E-state index in [-0.39, 0.29) is 5.48 Å². The van der Waals surface area contributed by atoms with Gasteiger partial charge < -0.3 is 9.84 Å². The molecule has 0 aliphatic rings. The summed E-state index contributed by atoms with van der Waals surface area (Å²) in [6.45, 7) is 0.506. The van der Waals surface area contributed by atoms with Crippen molar-refractivity contribution in [2.45, 2.75) is 6.61 Å². The summed E-state index contributed by atoms with van der Waals surface area (Å²) >= 11 is 12.2. The van der Waals surface area contributed by atoms with Gasteiger partial charge in [0.25, 0.3) is 0 Å². The van der Waals surface area contributed by atoms with Gasteiger partial charge in [0.15, 0.2) is 0 Å². The monoisotopic (exact) mass is 387 g/mol. The van der Waals surface area contributed by atoms with Crippen LogP contribution in [0.2, 0.25) is 10.0 Å². The van der Waals surface area contributed by atoms with Crippen molar-refractivity contribution in [2.24, 2.45) is 0 Å². The zero-order chi connectivity index (χ0) is 17.6. The van der Waals surface area contributed by atoms with E-state index in [0.29, 0.717) is 30.4 Å². The van der Waals surface area contributed by atoms with E-state index in [1.54, 1.807) is 18.2 Å². The lowest BCUT2D eigenvalue weighted by Gasteiger charge is -2.15. The molecule has 3 aromatic carbocycles. The quantitative estimate of drug-likeness (QED) is 0.595. The van der Waals surface area contributed by atoms with Gasteiger partial charge in [0.05, 0.1) is 0 Å². The van der Waals surface area contributed by atoms with Gasteiger partial charge in [0.2, 0.25) is 0 Å². The molecule has 0 saturated heterocycles. The Labute approximate surface area is 158 Å². The highest BCUT2D eigenvalue weighted by atomic mass is 35.5. The maximum atomic E-state index is 12.4. The Hall–Kier alpha value is -1.83. The van der Waals surface area contributed by atoms with Gasteiger partial charge in [0.1, 0.15) is 12.4 Å². The number of hydrogen-bond donors (Lipinski definition) is 0. The molecule has 126 valence electrons. The second-order valence-electron chi connectivity index (χ2n) is 5.28. The van der Waals surface area contributed by atoms with Crippen LogP contribution in [-0.2, 0) is 6.61 Å². The lowest BCUT2D eigenvalue weighted by molar-refractivity contribution is -0.206. The Morgan fingerprint density at radius 2 is 1.48 bits per heavy atom. The van der Waals surface area contributed by atoms with Gasteiger partial charge in [-0.25, -0.2) is 0 Å². The molecule has 0 heterocycles. The number of benzene rings is 3. The molecule has 2 nitrogen and oxygen atoms in total. The maximum Gasteiger partial charge on any atom is 0.119 e. The number of hydrogen-bond acceptors (Lipinski definition) is 2. The molecular weight excluding hydrogens is 374 g/mol. The van der Waals surface area contributed by atoms with Crippen LogP contribution in [0, 0.1) is 0 Å². The molecule has 0 aromatic heterocycles. The molecule has 3 aromatic rings. The van der Waals surface area contributed by atoms with E-state index in [1.165, 1.54) is 0 Å². The minimum Gasteiger partial charge on any atom is -0.823 e. The molecule has 5 heteroatoms. The molecule has 0 N–H and O–H groups in total. The van der Waals surface area contributed by atoms with E-state index in [1.807, 2.05) is 54.6 Å². The Balaban J connectivity index is 1.72. The van der Waals surface area contributed by atoms with Crippen molar-refractivity contribution in [2.75, 3.05) is 0 Å². The first kappa shape index (κ1) is 18.0. The van der Waals surface area contributed by atoms with Crippen LogP contribution in [-0.4, -0.2) is 5.48 Å². The molecule has 0 bridgehead atoms. The van der Waals surface area contributed by atoms with Crippen LogP contribution in [0.4, 0.5) is 0 Å². The number of halogens is 2. The zero-order valence-corrected chi connectivity index (χ0v) is 15.6. The highest BCUT2D eigenvalue weighted by Gasteiger charge is 2.04. The van der Waals surface area contributed by atoms with Crippen LogP contribution < -0.4 is 15.1 Å². The summed E-state index contributed by atoms with van der Waals surface area (Å²) in [5.74, 6) is 0.756. The minimum atomic E-state index is -0.131. The Kier molecular flexibility index (Phi) is 6.12. The highest BCUT2D eigenvalue weighted by Crippen LogP contribution is 2.25. The average molecular weight is 388 g/mol. The molecule has 25 heavy (non-hydrogen) atoms. The normalized spacial score (nSPS) is 11.4. The molecule has 0 unspecified atom stereocenters. The molecule has 0 saturated carbocycles. The fourth-order valence-electron chi connectivity index (χ4n) is 2.23. The van der Waals surface area contributed by atoms with Gasteiger partial charge in [0, 0.05) is 20.9 Å².